The Morgan fingerprint density at radius 3 is 2.39 bits per heavy atom. The van der Waals surface area contributed by atoms with E-state index in [9.17, 15) is 4.79 Å². The molecule has 0 unspecified atom stereocenters. The molecule has 3 aromatic rings. The third kappa shape index (κ3) is 6.71. The molecular formula is C22H27Cl2N3O3S. The number of methoxy groups -OCH3 is 1. The highest BCUT2D eigenvalue weighted by atomic mass is 35.5. The Labute approximate surface area is 198 Å². The van der Waals surface area contributed by atoms with E-state index in [-0.39, 0.29) is 24.9 Å². The normalized spacial score (nSPS) is 10.7. The standard InChI is InChI=1S/C22H26ClN3O3S.ClH/c1-4-25(5-2)12-13-26(21(27)15-29-17-8-6-16(23)7-9-17)22-24-19-11-10-18(28-3)14-20(19)30-22;/h6-11,14H,4-5,12-13,15H2,1-3H3;1H. The predicted molar refractivity (Wildman–Crippen MR) is 131 cm³/mol. The zero-order chi connectivity index (χ0) is 21.5. The second-order valence-electron chi connectivity index (χ2n) is 6.64. The minimum atomic E-state index is -0.136. The number of hydrogen-bond donors (Lipinski definition) is 0. The Bertz CT molecular complexity index is 978. The van der Waals surface area contributed by atoms with Gasteiger partial charge in [-0.25, -0.2) is 4.98 Å². The molecule has 0 N–H and O–H groups in total. The van der Waals surface area contributed by atoms with Gasteiger partial charge in [0.1, 0.15) is 11.5 Å². The molecule has 0 saturated carbocycles. The number of thiazole rings is 1. The molecular weight excluding hydrogens is 457 g/mol. The third-order valence-corrected chi connectivity index (χ3v) is 6.12. The highest BCUT2D eigenvalue weighted by molar-refractivity contribution is 7.22. The number of halogens is 2. The molecule has 0 aliphatic rings. The van der Waals surface area contributed by atoms with Crippen LogP contribution in [0, 0.1) is 0 Å². The van der Waals surface area contributed by atoms with E-state index in [1.165, 1.54) is 11.3 Å². The number of ether oxygens (including phenoxy) is 2. The van der Waals surface area contributed by atoms with Crippen molar-refractivity contribution in [1.82, 2.24) is 9.88 Å². The molecule has 1 heterocycles. The summed E-state index contributed by atoms with van der Waals surface area (Å²) in [6, 6.07) is 12.7. The van der Waals surface area contributed by atoms with Gasteiger partial charge >= 0.3 is 0 Å². The lowest BCUT2D eigenvalue weighted by atomic mass is 10.3. The maximum absolute atomic E-state index is 13.1. The van der Waals surface area contributed by atoms with Crippen LogP contribution in [-0.4, -0.2) is 55.7 Å². The Morgan fingerprint density at radius 2 is 1.74 bits per heavy atom. The lowest BCUT2D eigenvalue weighted by molar-refractivity contribution is -0.120. The Balaban J connectivity index is 0.00000341. The van der Waals surface area contributed by atoms with Crippen LogP contribution in [0.1, 0.15) is 13.8 Å². The van der Waals surface area contributed by atoms with Crippen LogP contribution in [0.3, 0.4) is 0 Å². The van der Waals surface area contributed by atoms with Gasteiger partial charge in [-0.15, -0.1) is 12.4 Å². The van der Waals surface area contributed by atoms with Gasteiger partial charge in [-0.05, 0) is 55.6 Å². The molecule has 3 rings (SSSR count). The van der Waals surface area contributed by atoms with Crippen LogP contribution in [0.25, 0.3) is 10.2 Å². The fraction of sp³-hybridized carbons (Fsp3) is 0.364. The molecule has 0 aliphatic carbocycles. The number of likely N-dealkylation sites (N-methyl/N-ethyl adjacent to an activating group) is 1. The Morgan fingerprint density at radius 1 is 1.06 bits per heavy atom. The van der Waals surface area contributed by atoms with Gasteiger partial charge in [-0.3, -0.25) is 9.69 Å². The van der Waals surface area contributed by atoms with E-state index in [2.05, 4.69) is 23.7 Å². The molecule has 2 aromatic carbocycles. The van der Waals surface area contributed by atoms with E-state index in [0.29, 0.717) is 22.4 Å². The summed E-state index contributed by atoms with van der Waals surface area (Å²) in [5, 5.41) is 1.29. The molecule has 1 amide bonds. The fourth-order valence-electron chi connectivity index (χ4n) is 3.00. The number of amides is 1. The number of anilines is 1. The van der Waals surface area contributed by atoms with Crippen LogP contribution >= 0.6 is 35.3 Å². The molecule has 0 atom stereocenters. The first kappa shape index (κ1) is 25.2. The van der Waals surface area contributed by atoms with Gasteiger partial charge in [0.05, 0.1) is 17.3 Å². The van der Waals surface area contributed by atoms with Crippen LogP contribution in [0.5, 0.6) is 11.5 Å². The Hall–Kier alpha value is -2.06. The first-order valence-corrected chi connectivity index (χ1v) is 11.1. The van der Waals surface area contributed by atoms with E-state index in [0.717, 1.165) is 35.6 Å². The monoisotopic (exact) mass is 483 g/mol. The zero-order valence-corrected chi connectivity index (χ0v) is 20.2. The average molecular weight is 484 g/mol. The van der Waals surface area contributed by atoms with E-state index in [4.69, 9.17) is 21.1 Å². The largest absolute Gasteiger partial charge is 0.497 e. The zero-order valence-electron chi connectivity index (χ0n) is 17.8. The van der Waals surface area contributed by atoms with Gasteiger partial charge in [0.2, 0.25) is 0 Å². The van der Waals surface area contributed by atoms with E-state index in [1.54, 1.807) is 36.3 Å². The van der Waals surface area contributed by atoms with Crippen LogP contribution in [-0.2, 0) is 4.79 Å². The first-order chi connectivity index (χ1) is 14.5. The minimum absolute atomic E-state index is 0. The summed E-state index contributed by atoms with van der Waals surface area (Å²) in [4.78, 5) is 21.7. The third-order valence-electron chi connectivity index (χ3n) is 4.83. The van der Waals surface area contributed by atoms with Crippen molar-refractivity contribution in [3.05, 3.63) is 47.5 Å². The average Bonchev–Trinajstić information content (AvgIpc) is 3.19. The number of aromatic nitrogens is 1. The highest BCUT2D eigenvalue weighted by Gasteiger charge is 2.21. The van der Waals surface area contributed by atoms with Gasteiger partial charge in [0.15, 0.2) is 11.7 Å². The second kappa shape index (κ2) is 12.1. The molecule has 0 radical (unpaired) electrons. The number of carbonyl (C=O) groups excluding carboxylic acids is 1. The van der Waals surface area contributed by atoms with Gasteiger partial charge in [-0.1, -0.05) is 36.8 Å². The maximum atomic E-state index is 13.1. The molecule has 9 heteroatoms. The van der Waals surface area contributed by atoms with Crippen LogP contribution in [0.4, 0.5) is 5.13 Å². The van der Waals surface area contributed by atoms with Gasteiger partial charge in [-0.2, -0.15) is 0 Å². The summed E-state index contributed by atoms with van der Waals surface area (Å²) >= 11 is 7.39. The van der Waals surface area contributed by atoms with E-state index < -0.39 is 0 Å². The van der Waals surface area contributed by atoms with Crippen molar-refractivity contribution >= 4 is 56.6 Å². The van der Waals surface area contributed by atoms with Gasteiger partial charge in [0.25, 0.3) is 5.91 Å². The lowest BCUT2D eigenvalue weighted by Crippen LogP contribution is -2.41. The van der Waals surface area contributed by atoms with Crippen molar-refractivity contribution < 1.29 is 14.3 Å². The Kier molecular flexibility index (Phi) is 9.84. The summed E-state index contributed by atoms with van der Waals surface area (Å²) < 4.78 is 12.0. The van der Waals surface area contributed by atoms with E-state index >= 15 is 0 Å². The molecule has 0 bridgehead atoms. The molecule has 0 fully saturated rings. The summed E-state index contributed by atoms with van der Waals surface area (Å²) in [5.41, 5.74) is 0.843. The first-order valence-electron chi connectivity index (χ1n) is 9.89. The number of benzene rings is 2. The SMILES string of the molecule is CCN(CC)CCN(C(=O)COc1ccc(Cl)cc1)c1nc2ccc(OC)cc2s1.Cl. The van der Waals surface area contributed by atoms with E-state index in [1.807, 2.05) is 18.2 Å². The van der Waals surface area contributed by atoms with Crippen molar-refractivity contribution in [1.29, 1.82) is 0 Å². The van der Waals surface area contributed by atoms with Crippen molar-refractivity contribution in [3.8, 4) is 11.5 Å². The van der Waals surface area contributed by atoms with Gasteiger partial charge < -0.3 is 14.4 Å². The lowest BCUT2D eigenvalue weighted by Gasteiger charge is -2.24. The highest BCUT2D eigenvalue weighted by Crippen LogP contribution is 2.31. The summed E-state index contributed by atoms with van der Waals surface area (Å²) in [6.07, 6.45) is 0. The molecule has 6 nitrogen and oxygen atoms in total. The molecule has 0 spiro atoms. The number of hydrogen-bond acceptors (Lipinski definition) is 6. The fourth-order valence-corrected chi connectivity index (χ4v) is 4.16. The summed E-state index contributed by atoms with van der Waals surface area (Å²) in [5.74, 6) is 1.23. The predicted octanol–water partition coefficient (Wildman–Crippen LogP) is 5.13. The number of carbonyl (C=O) groups is 1. The molecule has 168 valence electrons. The van der Waals surface area contributed by atoms with Gasteiger partial charge in [0, 0.05) is 18.1 Å². The van der Waals surface area contributed by atoms with Crippen LogP contribution in [0.2, 0.25) is 5.02 Å². The van der Waals surface area contributed by atoms with Crippen LogP contribution < -0.4 is 14.4 Å². The summed E-state index contributed by atoms with van der Waals surface area (Å²) in [7, 11) is 1.64. The molecule has 0 saturated heterocycles. The number of fused-ring (bicyclic) bond motifs is 1. The quantitative estimate of drug-likeness (QED) is 0.399. The molecule has 1 aromatic heterocycles. The van der Waals surface area contributed by atoms with Crippen molar-refractivity contribution in [2.24, 2.45) is 0 Å². The maximum Gasteiger partial charge on any atom is 0.266 e. The minimum Gasteiger partial charge on any atom is -0.497 e. The van der Waals surface area contributed by atoms with Crippen molar-refractivity contribution in [2.75, 3.05) is 44.8 Å². The van der Waals surface area contributed by atoms with Crippen LogP contribution in [0.15, 0.2) is 42.5 Å². The smallest absolute Gasteiger partial charge is 0.266 e. The summed E-state index contributed by atoms with van der Waals surface area (Å²) in [6.45, 7) is 7.32. The van der Waals surface area contributed by atoms with Crippen molar-refractivity contribution in [3.63, 3.8) is 0 Å². The number of nitrogens with zero attached hydrogens (tertiary/aromatic N) is 3. The molecule has 31 heavy (non-hydrogen) atoms. The molecule has 0 aliphatic heterocycles. The second-order valence-corrected chi connectivity index (χ2v) is 8.09. The number of rotatable bonds is 10. The van der Waals surface area contributed by atoms with Crippen molar-refractivity contribution in [2.45, 2.75) is 13.8 Å². The topological polar surface area (TPSA) is 54.9 Å².